The largest absolute Gasteiger partial charge is 0.480 e. The SMILES string of the molecule is O=C(O)C1CCCCN1S(=O)(=O)c1cnn(CC(F)F)c1. The molecular weight excluding hydrogens is 308 g/mol. The molecule has 0 spiro atoms. The van der Waals surface area contributed by atoms with E-state index in [1.54, 1.807) is 0 Å². The van der Waals surface area contributed by atoms with Crippen molar-refractivity contribution in [2.24, 2.45) is 0 Å². The van der Waals surface area contributed by atoms with Gasteiger partial charge in [-0.1, -0.05) is 0 Å². The average Bonchev–Trinajstić information content (AvgIpc) is 2.87. The van der Waals surface area contributed by atoms with Crippen LogP contribution in [0.1, 0.15) is 19.3 Å². The second-order valence-electron chi connectivity index (χ2n) is 4.75. The normalized spacial score (nSPS) is 20.8. The lowest BCUT2D eigenvalue weighted by molar-refractivity contribution is -0.142. The van der Waals surface area contributed by atoms with Crippen LogP contribution >= 0.6 is 0 Å². The summed E-state index contributed by atoms with van der Waals surface area (Å²) in [6.07, 6.45) is 0.740. The number of alkyl halides is 2. The average molecular weight is 323 g/mol. The van der Waals surface area contributed by atoms with Gasteiger partial charge in [0.2, 0.25) is 10.0 Å². The minimum Gasteiger partial charge on any atom is -0.480 e. The molecule has 2 rings (SSSR count). The maximum Gasteiger partial charge on any atom is 0.322 e. The zero-order chi connectivity index (χ0) is 15.6. The van der Waals surface area contributed by atoms with Crippen molar-refractivity contribution in [2.45, 2.75) is 43.2 Å². The van der Waals surface area contributed by atoms with Gasteiger partial charge in [-0.25, -0.2) is 17.2 Å². The molecular formula is C11H15F2N3O4S. The zero-order valence-electron chi connectivity index (χ0n) is 11.0. The molecule has 0 aromatic carbocycles. The molecule has 1 unspecified atom stereocenters. The molecule has 0 saturated carbocycles. The third-order valence-electron chi connectivity index (χ3n) is 3.28. The van der Waals surface area contributed by atoms with Gasteiger partial charge in [0, 0.05) is 12.7 Å². The van der Waals surface area contributed by atoms with E-state index in [1.807, 2.05) is 0 Å². The molecule has 0 aliphatic carbocycles. The molecule has 118 valence electrons. The summed E-state index contributed by atoms with van der Waals surface area (Å²) < 4.78 is 51.1. The molecule has 1 aromatic heterocycles. The number of hydrogen-bond acceptors (Lipinski definition) is 4. The van der Waals surface area contributed by atoms with Gasteiger partial charge in [-0.15, -0.1) is 0 Å². The number of piperidine rings is 1. The highest BCUT2D eigenvalue weighted by molar-refractivity contribution is 7.89. The predicted molar refractivity (Wildman–Crippen MR) is 67.4 cm³/mol. The first-order valence-corrected chi connectivity index (χ1v) is 7.81. The van der Waals surface area contributed by atoms with Crippen molar-refractivity contribution in [3.8, 4) is 0 Å². The number of aromatic nitrogens is 2. The molecule has 1 aromatic rings. The van der Waals surface area contributed by atoms with E-state index in [2.05, 4.69) is 5.10 Å². The third kappa shape index (κ3) is 3.38. The lowest BCUT2D eigenvalue weighted by Gasteiger charge is -2.31. The topological polar surface area (TPSA) is 92.5 Å². The Hall–Kier alpha value is -1.55. The fourth-order valence-corrected chi connectivity index (χ4v) is 3.90. The smallest absolute Gasteiger partial charge is 0.322 e. The van der Waals surface area contributed by atoms with Crippen LogP contribution in [-0.4, -0.2) is 52.6 Å². The molecule has 1 N–H and O–H groups in total. The van der Waals surface area contributed by atoms with Gasteiger partial charge in [0.25, 0.3) is 6.43 Å². The van der Waals surface area contributed by atoms with Crippen molar-refractivity contribution in [1.29, 1.82) is 0 Å². The second-order valence-corrected chi connectivity index (χ2v) is 6.65. The van der Waals surface area contributed by atoms with E-state index in [4.69, 9.17) is 5.11 Å². The van der Waals surface area contributed by atoms with E-state index in [0.29, 0.717) is 12.8 Å². The van der Waals surface area contributed by atoms with Crippen LogP contribution in [0.25, 0.3) is 0 Å². The van der Waals surface area contributed by atoms with Gasteiger partial charge in [0.05, 0.1) is 6.20 Å². The van der Waals surface area contributed by atoms with Gasteiger partial charge >= 0.3 is 5.97 Å². The van der Waals surface area contributed by atoms with Crippen molar-refractivity contribution in [1.82, 2.24) is 14.1 Å². The van der Waals surface area contributed by atoms with E-state index < -0.39 is 35.0 Å². The monoisotopic (exact) mass is 323 g/mol. The van der Waals surface area contributed by atoms with Crippen LogP contribution in [-0.2, 0) is 21.4 Å². The van der Waals surface area contributed by atoms with Crippen LogP contribution in [0.5, 0.6) is 0 Å². The van der Waals surface area contributed by atoms with E-state index in [0.717, 1.165) is 21.4 Å². The van der Waals surface area contributed by atoms with Gasteiger partial charge in [-0.3, -0.25) is 9.48 Å². The molecule has 21 heavy (non-hydrogen) atoms. The maximum absolute atomic E-state index is 12.4. The maximum atomic E-state index is 12.4. The van der Waals surface area contributed by atoms with Crippen LogP contribution in [0.4, 0.5) is 8.78 Å². The van der Waals surface area contributed by atoms with Gasteiger partial charge < -0.3 is 5.11 Å². The van der Waals surface area contributed by atoms with Crippen molar-refractivity contribution < 1.29 is 27.1 Å². The summed E-state index contributed by atoms with van der Waals surface area (Å²) in [5.74, 6) is -1.21. The Balaban J connectivity index is 2.27. The molecule has 1 aliphatic rings. The summed E-state index contributed by atoms with van der Waals surface area (Å²) in [6, 6.07) is -1.12. The van der Waals surface area contributed by atoms with Crippen molar-refractivity contribution in [3.63, 3.8) is 0 Å². The van der Waals surface area contributed by atoms with Gasteiger partial charge in [-0.2, -0.15) is 9.40 Å². The molecule has 0 radical (unpaired) electrons. The summed E-state index contributed by atoms with van der Waals surface area (Å²) in [6.45, 7) is -0.614. The van der Waals surface area contributed by atoms with Crippen LogP contribution in [0.2, 0.25) is 0 Å². The number of carboxylic acids is 1. The molecule has 1 saturated heterocycles. The third-order valence-corrected chi connectivity index (χ3v) is 5.14. The molecule has 1 fully saturated rings. The minimum atomic E-state index is -4.05. The summed E-state index contributed by atoms with van der Waals surface area (Å²) in [7, 11) is -4.05. The summed E-state index contributed by atoms with van der Waals surface area (Å²) in [5, 5.41) is 12.7. The van der Waals surface area contributed by atoms with E-state index in [1.165, 1.54) is 0 Å². The number of nitrogens with zero attached hydrogens (tertiary/aromatic N) is 3. The Kier molecular flexibility index (Phi) is 4.57. The zero-order valence-corrected chi connectivity index (χ0v) is 11.8. The molecule has 10 heteroatoms. The van der Waals surface area contributed by atoms with Gasteiger partial charge in [0.1, 0.15) is 17.5 Å². The minimum absolute atomic E-state index is 0.0966. The fraction of sp³-hybridized carbons (Fsp3) is 0.636. The van der Waals surface area contributed by atoms with Crippen LogP contribution < -0.4 is 0 Å². The fourth-order valence-electron chi connectivity index (χ4n) is 2.29. The first-order chi connectivity index (χ1) is 9.82. The van der Waals surface area contributed by atoms with Crippen molar-refractivity contribution in [2.75, 3.05) is 6.54 Å². The number of carbonyl (C=O) groups is 1. The number of aliphatic carboxylic acids is 1. The predicted octanol–water partition coefficient (Wildman–Crippen LogP) is 0.776. The Morgan fingerprint density at radius 2 is 2.19 bits per heavy atom. The van der Waals surface area contributed by atoms with Crippen molar-refractivity contribution >= 4 is 16.0 Å². The molecule has 2 heterocycles. The van der Waals surface area contributed by atoms with Gasteiger partial charge in [-0.05, 0) is 19.3 Å². The highest BCUT2D eigenvalue weighted by atomic mass is 32.2. The quantitative estimate of drug-likeness (QED) is 0.864. The molecule has 7 nitrogen and oxygen atoms in total. The van der Waals surface area contributed by atoms with Crippen LogP contribution in [0.15, 0.2) is 17.3 Å². The molecule has 1 atom stereocenters. The highest BCUT2D eigenvalue weighted by Crippen LogP contribution is 2.25. The number of carboxylic acid groups (broad SMARTS) is 1. The summed E-state index contributed by atoms with van der Waals surface area (Å²) >= 11 is 0. The van der Waals surface area contributed by atoms with Crippen LogP contribution in [0.3, 0.4) is 0 Å². The second kappa shape index (κ2) is 6.06. The number of halogens is 2. The Morgan fingerprint density at radius 3 is 2.81 bits per heavy atom. The van der Waals surface area contributed by atoms with E-state index >= 15 is 0 Å². The Bertz CT molecular complexity index is 617. The lowest BCUT2D eigenvalue weighted by Crippen LogP contribution is -2.47. The molecule has 0 bridgehead atoms. The number of sulfonamides is 1. The number of rotatable bonds is 5. The van der Waals surface area contributed by atoms with Crippen LogP contribution in [0, 0.1) is 0 Å². The lowest BCUT2D eigenvalue weighted by atomic mass is 10.1. The summed E-state index contributed by atoms with van der Waals surface area (Å²) in [5.41, 5.74) is 0. The first kappa shape index (κ1) is 15.8. The highest BCUT2D eigenvalue weighted by Gasteiger charge is 2.38. The van der Waals surface area contributed by atoms with E-state index in [9.17, 15) is 22.0 Å². The Morgan fingerprint density at radius 1 is 1.48 bits per heavy atom. The van der Waals surface area contributed by atoms with Crippen molar-refractivity contribution in [3.05, 3.63) is 12.4 Å². The first-order valence-electron chi connectivity index (χ1n) is 6.37. The van der Waals surface area contributed by atoms with Gasteiger partial charge in [0.15, 0.2) is 0 Å². The van der Waals surface area contributed by atoms with E-state index in [-0.39, 0.29) is 17.9 Å². The molecule has 0 amide bonds. The molecule has 1 aliphatic heterocycles. The standard InChI is InChI=1S/C11H15F2N3O4S/c12-10(13)7-15-6-8(5-14-15)21(19,20)16-4-2-1-3-9(16)11(17)18/h5-6,9-10H,1-4,7H2,(H,17,18). The number of hydrogen-bond donors (Lipinski definition) is 1. The Labute approximate surface area is 120 Å². The summed E-state index contributed by atoms with van der Waals surface area (Å²) in [4.78, 5) is 10.9.